The minimum Gasteiger partial charge on any atom is -0.392 e. The highest BCUT2D eigenvalue weighted by atomic mass is 16.6. The van der Waals surface area contributed by atoms with Crippen LogP contribution in [-0.4, -0.2) is 60.6 Å². The second-order valence-corrected chi connectivity index (χ2v) is 5.66. The quantitative estimate of drug-likeness (QED) is 0.164. The second-order valence-electron chi connectivity index (χ2n) is 5.66. The van der Waals surface area contributed by atoms with Crippen LogP contribution in [0.25, 0.3) is 0 Å². The van der Waals surface area contributed by atoms with Crippen LogP contribution in [0.3, 0.4) is 0 Å². The summed E-state index contributed by atoms with van der Waals surface area (Å²) >= 11 is 0. The van der Waals surface area contributed by atoms with Gasteiger partial charge in [-0.2, -0.15) is 0 Å². The van der Waals surface area contributed by atoms with Crippen LogP contribution in [0, 0.1) is 0 Å². The summed E-state index contributed by atoms with van der Waals surface area (Å²) in [5, 5.41) is 26.0. The van der Waals surface area contributed by atoms with E-state index in [1.807, 2.05) is 0 Å². The van der Waals surface area contributed by atoms with Crippen molar-refractivity contribution >= 4 is 6.41 Å². The van der Waals surface area contributed by atoms with Crippen LogP contribution >= 0.6 is 0 Å². The highest BCUT2D eigenvalue weighted by Crippen LogP contribution is 2.00. The van der Waals surface area contributed by atoms with E-state index in [-0.39, 0.29) is 18.7 Å². The van der Waals surface area contributed by atoms with Crippen LogP contribution in [0.4, 0.5) is 0 Å². The predicted octanol–water partition coefficient (Wildman–Crippen LogP) is -0.0777. The van der Waals surface area contributed by atoms with E-state index in [1.54, 1.807) is 13.8 Å². The Morgan fingerprint density at radius 3 is 2.27 bits per heavy atom. The Morgan fingerprint density at radius 1 is 1.05 bits per heavy atom. The molecule has 0 aliphatic carbocycles. The number of aliphatic hydroxyl groups excluding tert-OH is 2. The van der Waals surface area contributed by atoms with E-state index in [4.69, 9.17) is 4.84 Å². The molecule has 0 aromatic rings. The Hall–Kier alpha value is -0.730. The lowest BCUT2D eigenvalue weighted by molar-refractivity contribution is -0.122. The zero-order valence-corrected chi connectivity index (χ0v) is 14.0. The minimum absolute atomic E-state index is 0.0955. The Kier molecular flexibility index (Phi) is 13.4. The fourth-order valence-corrected chi connectivity index (χ4v) is 2.07. The third-order valence-electron chi connectivity index (χ3n) is 3.60. The van der Waals surface area contributed by atoms with Crippen molar-refractivity contribution in [1.82, 2.24) is 16.1 Å². The van der Waals surface area contributed by atoms with Gasteiger partial charge in [-0.3, -0.25) is 9.63 Å². The molecule has 0 saturated heterocycles. The first kappa shape index (κ1) is 21.3. The van der Waals surface area contributed by atoms with E-state index in [0.717, 1.165) is 13.0 Å². The normalized spacial score (nSPS) is 16.8. The molecular formula is C15H33N3O4. The zero-order valence-electron chi connectivity index (χ0n) is 14.0. The van der Waals surface area contributed by atoms with Gasteiger partial charge in [-0.15, -0.1) is 0 Å². The Morgan fingerprint density at radius 2 is 1.73 bits per heavy atom. The Balaban J connectivity index is 4.09. The van der Waals surface area contributed by atoms with E-state index in [9.17, 15) is 15.0 Å². The maximum Gasteiger partial charge on any atom is 0.230 e. The number of unbranched alkanes of at least 4 members (excludes halogenated alkanes) is 3. The monoisotopic (exact) mass is 319 g/mol. The van der Waals surface area contributed by atoms with Crippen molar-refractivity contribution in [2.45, 2.75) is 70.7 Å². The second kappa shape index (κ2) is 13.9. The number of hydrogen-bond acceptors (Lipinski definition) is 6. The van der Waals surface area contributed by atoms with Crippen molar-refractivity contribution < 1.29 is 19.8 Å². The van der Waals surface area contributed by atoms with Crippen LogP contribution in [0.5, 0.6) is 0 Å². The first-order valence-electron chi connectivity index (χ1n) is 8.16. The maximum atomic E-state index is 10.1. The van der Waals surface area contributed by atoms with Gasteiger partial charge >= 0.3 is 0 Å². The minimum atomic E-state index is -0.632. The first-order valence-corrected chi connectivity index (χ1v) is 8.16. The average Bonchev–Trinajstić information content (AvgIpc) is 2.47. The molecule has 1 amide bonds. The first-order chi connectivity index (χ1) is 10.5. The molecule has 0 heterocycles. The van der Waals surface area contributed by atoms with Gasteiger partial charge in [0.1, 0.15) is 0 Å². The smallest absolute Gasteiger partial charge is 0.230 e. The summed E-state index contributed by atoms with van der Waals surface area (Å²) in [6, 6.07) is -0.419. The molecule has 0 fully saturated rings. The van der Waals surface area contributed by atoms with E-state index < -0.39 is 12.2 Å². The van der Waals surface area contributed by atoms with Crippen molar-refractivity contribution in [3.05, 3.63) is 0 Å². The lowest BCUT2D eigenvalue weighted by Gasteiger charge is -2.27. The molecule has 132 valence electrons. The number of rotatable bonds is 15. The van der Waals surface area contributed by atoms with Crippen LogP contribution in [0.15, 0.2) is 0 Å². The van der Waals surface area contributed by atoms with Crippen molar-refractivity contribution in [3.8, 4) is 0 Å². The molecule has 7 heteroatoms. The fourth-order valence-electron chi connectivity index (χ4n) is 2.07. The number of nitrogens with one attached hydrogen (secondary N) is 3. The van der Waals surface area contributed by atoms with E-state index in [2.05, 4.69) is 23.0 Å². The van der Waals surface area contributed by atoms with Crippen LogP contribution in [-0.2, 0) is 9.63 Å². The summed E-state index contributed by atoms with van der Waals surface area (Å²) in [5.74, 6) is 0. The third-order valence-corrected chi connectivity index (χ3v) is 3.60. The van der Waals surface area contributed by atoms with Gasteiger partial charge in [0.25, 0.3) is 0 Å². The van der Waals surface area contributed by atoms with Gasteiger partial charge in [0.2, 0.25) is 6.41 Å². The lowest BCUT2D eigenvalue weighted by Crippen LogP contribution is -2.52. The molecule has 0 spiro atoms. The summed E-state index contributed by atoms with van der Waals surface area (Å²) < 4.78 is 0. The molecule has 0 aromatic heterocycles. The molecule has 0 aliphatic rings. The molecule has 7 nitrogen and oxygen atoms in total. The van der Waals surface area contributed by atoms with E-state index >= 15 is 0 Å². The fraction of sp³-hybridized carbons (Fsp3) is 0.933. The van der Waals surface area contributed by atoms with Gasteiger partial charge in [-0.05, 0) is 26.8 Å². The van der Waals surface area contributed by atoms with Crippen LogP contribution < -0.4 is 16.1 Å². The van der Waals surface area contributed by atoms with Crippen LogP contribution in [0.2, 0.25) is 0 Å². The topological polar surface area (TPSA) is 103 Å². The van der Waals surface area contributed by atoms with Gasteiger partial charge in [-0.1, -0.05) is 26.2 Å². The van der Waals surface area contributed by atoms with Crippen molar-refractivity contribution in [2.75, 3.05) is 19.7 Å². The highest BCUT2D eigenvalue weighted by Gasteiger charge is 2.19. The zero-order chi connectivity index (χ0) is 16.8. The molecule has 0 bridgehead atoms. The predicted molar refractivity (Wildman–Crippen MR) is 86.2 cm³/mol. The molecule has 5 N–H and O–H groups in total. The molecule has 0 aliphatic heterocycles. The largest absolute Gasteiger partial charge is 0.392 e. The molecule has 4 atom stereocenters. The van der Waals surface area contributed by atoms with Crippen molar-refractivity contribution in [3.63, 3.8) is 0 Å². The maximum absolute atomic E-state index is 10.1. The number of hydroxylamine groups is 1. The van der Waals surface area contributed by atoms with Gasteiger partial charge < -0.3 is 20.8 Å². The lowest BCUT2D eigenvalue weighted by atomic mass is 10.1. The summed E-state index contributed by atoms with van der Waals surface area (Å²) in [5.41, 5.74) is 2.10. The summed E-state index contributed by atoms with van der Waals surface area (Å²) in [6.07, 6.45) is 4.01. The Labute approximate surface area is 133 Å². The Bertz CT molecular complexity index is 265. The average molecular weight is 319 g/mol. The number of carbonyl (C=O) groups excluding carboxylic acids is 1. The van der Waals surface area contributed by atoms with Crippen LogP contribution in [0.1, 0.15) is 46.5 Å². The third kappa shape index (κ3) is 10.9. The molecule has 22 heavy (non-hydrogen) atoms. The van der Waals surface area contributed by atoms with Crippen molar-refractivity contribution in [2.24, 2.45) is 0 Å². The highest BCUT2D eigenvalue weighted by molar-refractivity contribution is 5.43. The standard InChI is InChI=1S/C15H33N3O4/c1-4-5-6-7-8-16-14(12(2)20)9-17-15(13(3)21)10-22-18-11-19/h11-17,20-21H,4-10H2,1-3H3,(H,18,19). The molecule has 0 radical (unpaired) electrons. The van der Waals surface area contributed by atoms with Crippen molar-refractivity contribution in [1.29, 1.82) is 0 Å². The van der Waals surface area contributed by atoms with Gasteiger partial charge in [0.15, 0.2) is 0 Å². The SMILES string of the molecule is CCCCCCNC(CNC(CONC=O)C(C)O)C(C)O. The van der Waals surface area contributed by atoms with Gasteiger partial charge in [0, 0.05) is 12.6 Å². The van der Waals surface area contributed by atoms with Gasteiger partial charge in [-0.25, -0.2) is 5.48 Å². The molecular weight excluding hydrogens is 286 g/mol. The van der Waals surface area contributed by atoms with Gasteiger partial charge in [0.05, 0.1) is 24.9 Å². The van der Waals surface area contributed by atoms with E-state index in [1.165, 1.54) is 19.3 Å². The number of hydrogen-bond donors (Lipinski definition) is 5. The number of aliphatic hydroxyl groups is 2. The van der Waals surface area contributed by atoms with E-state index in [0.29, 0.717) is 13.0 Å². The summed E-state index contributed by atoms with van der Waals surface area (Å²) in [7, 11) is 0. The summed E-state index contributed by atoms with van der Waals surface area (Å²) in [4.78, 5) is 15.0. The molecule has 0 aromatic carbocycles. The molecule has 4 unspecified atom stereocenters. The molecule has 0 saturated carbocycles. The number of amides is 1. The number of carbonyl (C=O) groups is 1. The summed E-state index contributed by atoms with van der Waals surface area (Å²) in [6.45, 7) is 7.09. The molecule has 0 rings (SSSR count).